The summed E-state index contributed by atoms with van der Waals surface area (Å²) in [6.45, 7) is 5.27. The van der Waals surface area contributed by atoms with Crippen molar-refractivity contribution in [1.82, 2.24) is 0 Å². The summed E-state index contributed by atoms with van der Waals surface area (Å²) in [4.78, 5) is 12.2. The topological polar surface area (TPSA) is 89.9 Å². The SMILES string of the molecule is CCCCCCCCCCCCCC(=O)OC(C[N+]1(C)CCOCC1)CS(=O)(=O)O. The van der Waals surface area contributed by atoms with Gasteiger partial charge in [-0.15, -0.1) is 0 Å². The molecule has 8 heteroatoms. The van der Waals surface area contributed by atoms with Gasteiger partial charge in [0.2, 0.25) is 0 Å². The average Bonchev–Trinajstić information content (AvgIpc) is 2.65. The van der Waals surface area contributed by atoms with E-state index in [2.05, 4.69) is 6.92 Å². The van der Waals surface area contributed by atoms with Gasteiger partial charge in [-0.3, -0.25) is 9.35 Å². The molecule has 0 aliphatic carbocycles. The number of rotatable bonds is 17. The van der Waals surface area contributed by atoms with E-state index in [1.165, 1.54) is 51.4 Å². The zero-order chi connectivity index (χ0) is 22.3. The number of quaternary nitrogens is 1. The minimum Gasteiger partial charge on any atom is -0.455 e. The van der Waals surface area contributed by atoms with Crippen molar-refractivity contribution in [2.45, 2.75) is 90.1 Å². The van der Waals surface area contributed by atoms with Crippen molar-refractivity contribution in [2.75, 3.05) is 45.6 Å². The van der Waals surface area contributed by atoms with Crippen molar-refractivity contribution in [2.24, 2.45) is 0 Å². The van der Waals surface area contributed by atoms with Crippen LogP contribution in [0.25, 0.3) is 0 Å². The molecule has 1 unspecified atom stereocenters. The third kappa shape index (κ3) is 14.3. The maximum absolute atomic E-state index is 12.2. The minimum absolute atomic E-state index is 0.297. The van der Waals surface area contributed by atoms with E-state index in [4.69, 9.17) is 9.47 Å². The van der Waals surface area contributed by atoms with E-state index < -0.39 is 22.0 Å². The first kappa shape index (κ1) is 27.3. The van der Waals surface area contributed by atoms with Gasteiger partial charge in [-0.1, -0.05) is 71.1 Å². The van der Waals surface area contributed by atoms with Crippen molar-refractivity contribution in [3.05, 3.63) is 0 Å². The van der Waals surface area contributed by atoms with Crippen LogP contribution in [0.3, 0.4) is 0 Å². The second-order valence-electron chi connectivity index (χ2n) is 9.01. The van der Waals surface area contributed by atoms with E-state index in [9.17, 15) is 17.8 Å². The van der Waals surface area contributed by atoms with Gasteiger partial charge in [0.1, 0.15) is 25.4 Å². The fourth-order valence-electron chi connectivity index (χ4n) is 4.00. The highest BCUT2D eigenvalue weighted by atomic mass is 32.2. The lowest BCUT2D eigenvalue weighted by Crippen LogP contribution is -2.56. The van der Waals surface area contributed by atoms with Gasteiger partial charge >= 0.3 is 5.97 Å². The van der Waals surface area contributed by atoms with Crippen LogP contribution in [0.5, 0.6) is 0 Å². The molecule has 0 saturated carbocycles. The fraction of sp³-hybridized carbons (Fsp3) is 0.955. The first-order chi connectivity index (χ1) is 14.2. The predicted octanol–water partition coefficient (Wildman–Crippen LogP) is 3.96. The molecule has 0 aromatic carbocycles. The van der Waals surface area contributed by atoms with E-state index in [0.717, 1.165) is 32.4 Å². The van der Waals surface area contributed by atoms with Crippen LogP contribution in [0.4, 0.5) is 0 Å². The summed E-state index contributed by atoms with van der Waals surface area (Å²) < 4.78 is 43.3. The van der Waals surface area contributed by atoms with Crippen molar-refractivity contribution in [3.8, 4) is 0 Å². The molecule has 30 heavy (non-hydrogen) atoms. The summed E-state index contributed by atoms with van der Waals surface area (Å²) in [5.74, 6) is -0.925. The molecule has 0 aromatic rings. The minimum atomic E-state index is -4.21. The largest absolute Gasteiger partial charge is 0.455 e. The number of carbonyl (C=O) groups excluding carboxylic acids is 1. The zero-order valence-corrected chi connectivity index (χ0v) is 20.0. The summed E-state index contributed by atoms with van der Waals surface area (Å²) in [7, 11) is -2.21. The number of carbonyl (C=O) groups is 1. The van der Waals surface area contributed by atoms with Gasteiger partial charge < -0.3 is 14.0 Å². The maximum atomic E-state index is 12.2. The lowest BCUT2D eigenvalue weighted by molar-refractivity contribution is -0.919. The van der Waals surface area contributed by atoms with Crippen molar-refractivity contribution < 1.29 is 31.7 Å². The van der Waals surface area contributed by atoms with Gasteiger partial charge in [0, 0.05) is 6.42 Å². The Morgan fingerprint density at radius 1 is 0.967 bits per heavy atom. The first-order valence-corrected chi connectivity index (χ1v) is 13.4. The van der Waals surface area contributed by atoms with Crippen LogP contribution in [-0.4, -0.2) is 75.2 Å². The van der Waals surface area contributed by atoms with Gasteiger partial charge in [-0.05, 0) is 6.42 Å². The third-order valence-electron chi connectivity index (χ3n) is 5.87. The molecule has 1 rings (SSSR count). The number of morpholine rings is 1. The van der Waals surface area contributed by atoms with Crippen molar-refractivity contribution >= 4 is 16.1 Å². The number of unbranched alkanes of at least 4 members (excludes halogenated alkanes) is 10. The van der Waals surface area contributed by atoms with Crippen LogP contribution in [0.2, 0.25) is 0 Å². The van der Waals surface area contributed by atoms with Crippen LogP contribution in [-0.2, 0) is 24.4 Å². The first-order valence-electron chi connectivity index (χ1n) is 11.8. The Balaban J connectivity index is 2.21. The molecular formula is C22H44NO6S+. The number of likely N-dealkylation sites (N-methyl/N-ethyl adjacent to an activating group) is 1. The lowest BCUT2D eigenvalue weighted by Gasteiger charge is -2.39. The summed E-state index contributed by atoms with van der Waals surface area (Å²) in [6, 6.07) is 0. The Morgan fingerprint density at radius 3 is 1.97 bits per heavy atom. The molecule has 0 amide bonds. The van der Waals surface area contributed by atoms with E-state index in [0.29, 0.717) is 30.7 Å². The smallest absolute Gasteiger partial charge is 0.306 e. The molecule has 0 aromatic heterocycles. The Labute approximate surface area is 183 Å². The molecule has 0 bridgehead atoms. The highest BCUT2D eigenvalue weighted by Gasteiger charge is 2.33. The quantitative estimate of drug-likeness (QED) is 0.156. The summed E-state index contributed by atoms with van der Waals surface area (Å²) in [5, 5.41) is 0. The molecule has 178 valence electrons. The number of nitrogens with zero attached hydrogens (tertiary/aromatic N) is 1. The second kappa shape index (κ2) is 15.2. The molecule has 1 atom stereocenters. The van der Waals surface area contributed by atoms with E-state index in [1.54, 1.807) is 0 Å². The van der Waals surface area contributed by atoms with E-state index >= 15 is 0 Å². The van der Waals surface area contributed by atoms with Crippen LogP contribution in [0.15, 0.2) is 0 Å². The van der Waals surface area contributed by atoms with Gasteiger partial charge in [0.25, 0.3) is 10.1 Å². The summed E-state index contributed by atoms with van der Waals surface area (Å²) in [5.41, 5.74) is 0. The Morgan fingerprint density at radius 2 is 1.47 bits per heavy atom. The second-order valence-corrected chi connectivity index (χ2v) is 10.5. The van der Waals surface area contributed by atoms with Crippen LogP contribution < -0.4 is 0 Å². The molecule has 1 saturated heterocycles. The Kier molecular flexibility index (Phi) is 13.8. The Bertz CT molecular complexity index is 560. The molecular weight excluding hydrogens is 406 g/mol. The zero-order valence-electron chi connectivity index (χ0n) is 19.1. The van der Waals surface area contributed by atoms with Crippen molar-refractivity contribution in [1.29, 1.82) is 0 Å². The van der Waals surface area contributed by atoms with Crippen molar-refractivity contribution in [3.63, 3.8) is 0 Å². The third-order valence-corrected chi connectivity index (χ3v) is 6.67. The fourth-order valence-corrected chi connectivity index (χ4v) is 4.64. The molecule has 1 aliphatic rings. The van der Waals surface area contributed by atoms with Crippen LogP contribution in [0.1, 0.15) is 84.0 Å². The number of hydrogen-bond donors (Lipinski definition) is 1. The molecule has 0 radical (unpaired) electrons. The number of hydrogen-bond acceptors (Lipinski definition) is 5. The van der Waals surface area contributed by atoms with Gasteiger partial charge in [-0.2, -0.15) is 8.42 Å². The number of esters is 1. The van der Waals surface area contributed by atoms with Crippen LogP contribution >= 0.6 is 0 Å². The Hall–Kier alpha value is -0.700. The lowest BCUT2D eigenvalue weighted by atomic mass is 10.1. The summed E-state index contributed by atoms with van der Waals surface area (Å²) >= 11 is 0. The van der Waals surface area contributed by atoms with Gasteiger partial charge in [0.15, 0.2) is 6.10 Å². The van der Waals surface area contributed by atoms with Gasteiger partial charge in [0.05, 0.1) is 20.3 Å². The molecule has 0 spiro atoms. The summed E-state index contributed by atoms with van der Waals surface area (Å²) in [6.07, 6.45) is 12.7. The highest BCUT2D eigenvalue weighted by Crippen LogP contribution is 2.15. The van der Waals surface area contributed by atoms with Gasteiger partial charge in [-0.25, -0.2) is 0 Å². The standard InChI is InChI=1S/C22H43NO6S/c1-3-4-5-6-7-8-9-10-11-12-13-14-22(24)29-21(20-30(25,26)27)19-23(2)15-17-28-18-16-23/h21H,3-20H2,1-2H3/p+1. The maximum Gasteiger partial charge on any atom is 0.306 e. The molecule has 7 nitrogen and oxygen atoms in total. The molecule has 1 aliphatic heterocycles. The molecule has 1 heterocycles. The number of ether oxygens (including phenoxy) is 2. The molecule has 1 N–H and O–H groups in total. The predicted molar refractivity (Wildman–Crippen MR) is 119 cm³/mol. The monoisotopic (exact) mass is 450 g/mol. The molecule has 1 fully saturated rings. The van der Waals surface area contributed by atoms with E-state index in [-0.39, 0.29) is 5.97 Å². The van der Waals surface area contributed by atoms with E-state index in [1.807, 2.05) is 7.05 Å². The highest BCUT2D eigenvalue weighted by molar-refractivity contribution is 7.85. The van der Waals surface area contributed by atoms with Crippen LogP contribution in [0, 0.1) is 0 Å². The normalized spacial score (nSPS) is 17.6. The average molecular weight is 451 g/mol.